The highest BCUT2D eigenvalue weighted by atomic mass is 16.3. The van der Waals surface area contributed by atoms with Crippen molar-refractivity contribution in [2.75, 3.05) is 13.1 Å². The van der Waals surface area contributed by atoms with Crippen LogP contribution < -0.4 is 0 Å². The number of carbonyl (C=O) groups excluding carboxylic acids is 1. The summed E-state index contributed by atoms with van der Waals surface area (Å²) in [6.07, 6.45) is 4.51. The summed E-state index contributed by atoms with van der Waals surface area (Å²) in [4.78, 5) is 14.0. The van der Waals surface area contributed by atoms with Gasteiger partial charge in [0, 0.05) is 13.0 Å². The van der Waals surface area contributed by atoms with Crippen LogP contribution in [0.2, 0.25) is 0 Å². The fourth-order valence-corrected chi connectivity index (χ4v) is 3.09. The average molecular weight is 289 g/mol. The first-order valence-electron chi connectivity index (χ1n) is 8.12. The number of carbonyl (C=O) groups is 1. The minimum atomic E-state index is -0.586. The fraction of sp³-hybridized carbons (Fsp3) is 0.611. The Balaban J connectivity index is 1.94. The van der Waals surface area contributed by atoms with Gasteiger partial charge in [-0.3, -0.25) is 4.79 Å². The summed E-state index contributed by atoms with van der Waals surface area (Å²) < 4.78 is 0. The van der Waals surface area contributed by atoms with Crippen molar-refractivity contribution in [3.05, 3.63) is 35.4 Å². The van der Waals surface area contributed by atoms with Crippen LogP contribution >= 0.6 is 0 Å². The van der Waals surface area contributed by atoms with E-state index in [9.17, 15) is 9.90 Å². The number of aliphatic hydroxyl groups excluding tert-OH is 1. The molecule has 1 aromatic rings. The molecule has 0 saturated carbocycles. The third kappa shape index (κ3) is 4.57. The zero-order chi connectivity index (χ0) is 15.2. The third-order valence-electron chi connectivity index (χ3n) is 4.48. The van der Waals surface area contributed by atoms with Crippen LogP contribution in [0.4, 0.5) is 0 Å². The third-order valence-corrected chi connectivity index (χ3v) is 4.48. The Hall–Kier alpha value is -1.35. The van der Waals surface area contributed by atoms with E-state index in [2.05, 4.69) is 6.92 Å². The van der Waals surface area contributed by atoms with Crippen LogP contribution in [0.1, 0.15) is 56.3 Å². The van der Waals surface area contributed by atoms with Gasteiger partial charge in [0.1, 0.15) is 0 Å². The lowest BCUT2D eigenvalue weighted by Gasteiger charge is -2.24. The van der Waals surface area contributed by atoms with Gasteiger partial charge in [-0.15, -0.1) is 0 Å². The van der Waals surface area contributed by atoms with Crippen LogP contribution in [0.3, 0.4) is 0 Å². The standard InChI is InChI=1S/C18H27NO2/c1-3-4-15-7-10-18(21)19(12-11-15)13-17(20)16-8-5-14(2)6-9-16/h5-6,8-9,15,17,20H,3-4,7,10-13H2,1-2H3. The van der Waals surface area contributed by atoms with E-state index in [1.165, 1.54) is 18.4 Å². The minimum Gasteiger partial charge on any atom is -0.387 e. The van der Waals surface area contributed by atoms with Crippen molar-refractivity contribution in [3.63, 3.8) is 0 Å². The quantitative estimate of drug-likeness (QED) is 0.902. The highest BCUT2D eigenvalue weighted by molar-refractivity contribution is 5.76. The first-order valence-corrected chi connectivity index (χ1v) is 8.12. The Morgan fingerprint density at radius 2 is 2.00 bits per heavy atom. The fourth-order valence-electron chi connectivity index (χ4n) is 3.09. The van der Waals surface area contributed by atoms with Crippen molar-refractivity contribution >= 4 is 5.91 Å². The molecular weight excluding hydrogens is 262 g/mol. The van der Waals surface area contributed by atoms with Gasteiger partial charge in [-0.2, -0.15) is 0 Å². The van der Waals surface area contributed by atoms with E-state index in [1.807, 2.05) is 36.1 Å². The first-order chi connectivity index (χ1) is 10.1. The first kappa shape index (κ1) is 16.0. The summed E-state index contributed by atoms with van der Waals surface area (Å²) in [5.41, 5.74) is 2.07. The second kappa shape index (κ2) is 7.60. The molecule has 21 heavy (non-hydrogen) atoms. The van der Waals surface area contributed by atoms with Crippen molar-refractivity contribution in [2.24, 2.45) is 5.92 Å². The highest BCUT2D eigenvalue weighted by Gasteiger charge is 2.24. The Bertz CT molecular complexity index is 455. The van der Waals surface area contributed by atoms with E-state index >= 15 is 0 Å². The predicted molar refractivity (Wildman–Crippen MR) is 85.0 cm³/mol. The van der Waals surface area contributed by atoms with E-state index in [4.69, 9.17) is 0 Å². The number of amides is 1. The zero-order valence-electron chi connectivity index (χ0n) is 13.2. The minimum absolute atomic E-state index is 0.194. The number of benzene rings is 1. The lowest BCUT2D eigenvalue weighted by Crippen LogP contribution is -2.34. The number of aliphatic hydroxyl groups is 1. The normalized spacial score (nSPS) is 21.2. The van der Waals surface area contributed by atoms with Gasteiger partial charge in [-0.1, -0.05) is 49.6 Å². The molecule has 0 bridgehead atoms. The van der Waals surface area contributed by atoms with Crippen LogP contribution in [-0.4, -0.2) is 29.0 Å². The van der Waals surface area contributed by atoms with E-state index in [0.29, 0.717) is 18.9 Å². The molecule has 2 atom stereocenters. The van der Waals surface area contributed by atoms with Gasteiger partial charge in [-0.25, -0.2) is 0 Å². The van der Waals surface area contributed by atoms with Gasteiger partial charge in [0.05, 0.1) is 12.6 Å². The van der Waals surface area contributed by atoms with E-state index in [1.54, 1.807) is 0 Å². The van der Waals surface area contributed by atoms with Crippen LogP contribution in [0, 0.1) is 12.8 Å². The SMILES string of the molecule is CCCC1CCC(=O)N(CC(O)c2ccc(C)cc2)CC1. The zero-order valence-corrected chi connectivity index (χ0v) is 13.2. The second-order valence-corrected chi connectivity index (χ2v) is 6.25. The lowest BCUT2D eigenvalue weighted by molar-refractivity contribution is -0.132. The molecule has 0 aliphatic carbocycles. The Morgan fingerprint density at radius 3 is 2.67 bits per heavy atom. The molecule has 116 valence electrons. The van der Waals surface area contributed by atoms with Gasteiger partial charge in [0.2, 0.25) is 5.91 Å². The molecule has 1 amide bonds. The van der Waals surface area contributed by atoms with Crippen LogP contribution in [0.15, 0.2) is 24.3 Å². The molecule has 3 nitrogen and oxygen atoms in total. The van der Waals surface area contributed by atoms with Crippen molar-refractivity contribution in [1.82, 2.24) is 4.90 Å². The molecule has 0 spiro atoms. The molecule has 1 N–H and O–H groups in total. The molecule has 1 fully saturated rings. The van der Waals surface area contributed by atoms with Crippen LogP contribution in [0.25, 0.3) is 0 Å². The maximum atomic E-state index is 12.2. The van der Waals surface area contributed by atoms with Gasteiger partial charge < -0.3 is 10.0 Å². The number of rotatable bonds is 5. The summed E-state index contributed by atoms with van der Waals surface area (Å²) >= 11 is 0. The molecule has 1 aromatic carbocycles. The molecule has 1 heterocycles. The van der Waals surface area contributed by atoms with Crippen molar-refractivity contribution in [3.8, 4) is 0 Å². The summed E-state index contributed by atoms with van der Waals surface area (Å²) in [6.45, 7) is 5.43. The average Bonchev–Trinajstić information content (AvgIpc) is 2.64. The molecule has 1 aliphatic heterocycles. The van der Waals surface area contributed by atoms with Gasteiger partial charge >= 0.3 is 0 Å². The maximum absolute atomic E-state index is 12.2. The summed E-state index contributed by atoms with van der Waals surface area (Å²) in [5.74, 6) is 0.861. The molecule has 0 radical (unpaired) electrons. The number of hydrogen-bond acceptors (Lipinski definition) is 2. The van der Waals surface area contributed by atoms with Crippen molar-refractivity contribution in [1.29, 1.82) is 0 Å². The summed E-state index contributed by atoms with van der Waals surface area (Å²) in [7, 11) is 0. The Morgan fingerprint density at radius 1 is 1.29 bits per heavy atom. The molecule has 3 heteroatoms. The monoisotopic (exact) mass is 289 g/mol. The smallest absolute Gasteiger partial charge is 0.222 e. The Labute approximate surface area is 128 Å². The number of hydrogen-bond donors (Lipinski definition) is 1. The number of nitrogens with zero attached hydrogens (tertiary/aromatic N) is 1. The lowest BCUT2D eigenvalue weighted by atomic mass is 9.96. The molecule has 0 aromatic heterocycles. The topological polar surface area (TPSA) is 40.5 Å². The van der Waals surface area contributed by atoms with Crippen LogP contribution in [0.5, 0.6) is 0 Å². The predicted octanol–water partition coefficient (Wildman–Crippen LogP) is 3.46. The van der Waals surface area contributed by atoms with E-state index in [0.717, 1.165) is 24.9 Å². The summed E-state index contributed by atoms with van der Waals surface area (Å²) in [5, 5.41) is 10.3. The number of likely N-dealkylation sites (tertiary alicyclic amines) is 1. The van der Waals surface area contributed by atoms with E-state index in [-0.39, 0.29) is 5.91 Å². The second-order valence-electron chi connectivity index (χ2n) is 6.25. The largest absolute Gasteiger partial charge is 0.387 e. The molecular formula is C18H27NO2. The number of aryl methyl sites for hydroxylation is 1. The van der Waals surface area contributed by atoms with Crippen LogP contribution in [-0.2, 0) is 4.79 Å². The van der Waals surface area contributed by atoms with Gasteiger partial charge in [0.15, 0.2) is 0 Å². The number of β-amino-alcohol motifs (C(OH)–C–C–N with tert-alkyl or cyclic N) is 1. The molecule has 1 saturated heterocycles. The van der Waals surface area contributed by atoms with Crippen molar-refractivity contribution < 1.29 is 9.90 Å². The van der Waals surface area contributed by atoms with Gasteiger partial charge in [0.25, 0.3) is 0 Å². The Kier molecular flexibility index (Phi) is 5.80. The van der Waals surface area contributed by atoms with Crippen molar-refractivity contribution in [2.45, 2.75) is 52.1 Å². The maximum Gasteiger partial charge on any atom is 0.222 e. The molecule has 1 aliphatic rings. The summed E-state index contributed by atoms with van der Waals surface area (Å²) in [6, 6.07) is 7.89. The van der Waals surface area contributed by atoms with Gasteiger partial charge in [-0.05, 0) is 31.2 Å². The van der Waals surface area contributed by atoms with E-state index < -0.39 is 6.10 Å². The highest BCUT2D eigenvalue weighted by Crippen LogP contribution is 2.24. The molecule has 2 rings (SSSR count). The molecule has 2 unspecified atom stereocenters.